The largest absolute Gasteiger partial charge is 0.258 e. The van der Waals surface area contributed by atoms with Crippen molar-refractivity contribution in [2.24, 2.45) is 37.9 Å². The van der Waals surface area contributed by atoms with Gasteiger partial charge in [-0.3, -0.25) is 4.98 Å². The Balaban J connectivity index is 0.000000248. The number of pyridine rings is 1. The smallest absolute Gasteiger partial charge is 0.0407 e. The second-order valence-corrected chi connectivity index (χ2v) is 13.5. The van der Waals surface area contributed by atoms with Crippen LogP contribution in [0.15, 0.2) is 0 Å². The molecule has 0 spiro atoms. The van der Waals surface area contributed by atoms with Gasteiger partial charge in [-0.15, -0.1) is 0 Å². The molecule has 0 aliphatic heterocycles. The van der Waals surface area contributed by atoms with E-state index in [1.54, 1.807) is 0 Å². The van der Waals surface area contributed by atoms with E-state index >= 15 is 0 Å². The van der Waals surface area contributed by atoms with E-state index in [4.69, 9.17) is 0 Å². The summed E-state index contributed by atoms with van der Waals surface area (Å²) in [5, 5.41) is 0. The van der Waals surface area contributed by atoms with Gasteiger partial charge >= 0.3 is 0 Å². The number of hydrogen-bond acceptors (Lipinski definition) is 1. The van der Waals surface area contributed by atoms with Gasteiger partial charge in [-0.2, -0.15) is 0 Å². The lowest BCUT2D eigenvalue weighted by Gasteiger charge is -2.67. The molecular weight excluding hydrogens is 362 g/mol. The highest BCUT2D eigenvalue weighted by Crippen LogP contribution is 2.94. The second kappa shape index (κ2) is 6.35. The minimum Gasteiger partial charge on any atom is -0.258 e. The summed E-state index contributed by atoms with van der Waals surface area (Å²) in [7, 11) is 0. The molecule has 1 heterocycles. The number of aromatic nitrogens is 1. The normalized spacial score (nSPS) is 33.8. The summed E-state index contributed by atoms with van der Waals surface area (Å²) in [6.07, 6.45) is 0. The summed E-state index contributed by atoms with van der Waals surface area (Å²) < 4.78 is 0. The molecule has 1 nitrogen and oxygen atoms in total. The summed E-state index contributed by atoms with van der Waals surface area (Å²) in [5.74, 6) is 0. The summed E-state index contributed by atoms with van der Waals surface area (Å²) in [6, 6.07) is 0. The van der Waals surface area contributed by atoms with Crippen LogP contribution in [-0.2, 0) is 0 Å². The molecule has 0 aromatic carbocycles. The molecule has 0 unspecified atom stereocenters. The maximum Gasteiger partial charge on any atom is 0.0407 e. The van der Waals surface area contributed by atoms with Crippen LogP contribution in [0.2, 0.25) is 0 Å². The van der Waals surface area contributed by atoms with E-state index in [0.717, 1.165) is 11.4 Å². The first-order chi connectivity index (χ1) is 13.0. The average Bonchev–Trinajstić information content (AvgIpc) is 2.72. The third-order valence-corrected chi connectivity index (χ3v) is 13.2. The molecule has 0 amide bonds. The predicted octanol–water partition coefficient (Wildman–Crippen LogP) is 8.78. The van der Waals surface area contributed by atoms with Gasteiger partial charge in [0, 0.05) is 11.4 Å². The van der Waals surface area contributed by atoms with Gasteiger partial charge < -0.3 is 0 Å². The lowest BCUT2D eigenvalue weighted by atomic mass is 9.37. The van der Waals surface area contributed by atoms with Crippen molar-refractivity contribution in [2.75, 3.05) is 0 Å². The minimum absolute atomic E-state index is 0.328. The number of hydrogen-bond donors (Lipinski definition) is 0. The van der Waals surface area contributed by atoms with Crippen LogP contribution in [0.5, 0.6) is 0 Å². The minimum atomic E-state index is 0.328. The summed E-state index contributed by atoms with van der Waals surface area (Å²) in [4.78, 5) is 4.43. The lowest BCUT2D eigenvalue weighted by molar-refractivity contribution is -0.193. The maximum atomic E-state index is 4.43. The molecule has 0 atom stereocenters. The Morgan fingerprint density at radius 1 is 0.367 bits per heavy atom. The van der Waals surface area contributed by atoms with Crippen molar-refractivity contribution in [1.29, 1.82) is 0 Å². The first kappa shape index (κ1) is 25.4. The quantitative estimate of drug-likeness (QED) is 0.414. The Morgan fingerprint density at radius 3 is 0.800 bits per heavy atom. The molecule has 2 aliphatic carbocycles. The molecule has 0 radical (unpaired) electrons. The van der Waals surface area contributed by atoms with Gasteiger partial charge in [0.1, 0.15) is 0 Å². The highest BCUT2D eigenvalue weighted by Gasteiger charge is 2.88. The fraction of sp³-hybridized carbons (Fsp3) is 0.828. The van der Waals surface area contributed by atoms with Gasteiger partial charge in [0.2, 0.25) is 0 Å². The highest BCUT2D eigenvalue weighted by molar-refractivity contribution is 5.37. The van der Waals surface area contributed by atoms with Crippen molar-refractivity contribution in [3.05, 3.63) is 28.1 Å². The summed E-state index contributed by atoms with van der Waals surface area (Å²) >= 11 is 0. The topological polar surface area (TPSA) is 12.9 Å². The molecule has 2 bridgehead atoms. The molecule has 1 heteroatoms. The van der Waals surface area contributed by atoms with E-state index in [1.165, 1.54) is 16.7 Å². The van der Waals surface area contributed by atoms with E-state index in [9.17, 15) is 0 Å². The zero-order valence-electron chi connectivity index (χ0n) is 23.4. The highest BCUT2D eigenvalue weighted by atomic mass is 14.9. The number of aryl methyl sites for hydroxylation is 2. The van der Waals surface area contributed by atoms with Gasteiger partial charge in [-0.1, -0.05) is 83.1 Å². The van der Waals surface area contributed by atoms with Crippen molar-refractivity contribution < 1.29 is 0 Å². The number of fused-ring (bicyclic) bond motifs is 2. The Kier molecular flexibility index (Phi) is 5.38. The molecule has 172 valence electrons. The third-order valence-electron chi connectivity index (χ3n) is 13.2. The predicted molar refractivity (Wildman–Crippen MR) is 133 cm³/mol. The molecule has 3 rings (SSSR count). The van der Waals surface area contributed by atoms with Crippen LogP contribution in [0.4, 0.5) is 0 Å². The zero-order chi connectivity index (χ0) is 24.1. The number of nitrogens with zero attached hydrogens (tertiary/aromatic N) is 1. The molecule has 1 aromatic heterocycles. The Hall–Kier alpha value is -0.850. The van der Waals surface area contributed by atoms with E-state index in [2.05, 4.69) is 123 Å². The van der Waals surface area contributed by atoms with Gasteiger partial charge in [0.15, 0.2) is 0 Å². The Morgan fingerprint density at radius 2 is 0.600 bits per heavy atom. The average molecular weight is 414 g/mol. The van der Waals surface area contributed by atoms with Crippen molar-refractivity contribution in [1.82, 2.24) is 4.98 Å². The molecule has 2 aliphatic rings. The van der Waals surface area contributed by atoms with Gasteiger partial charge in [-0.25, -0.2) is 0 Å². The van der Waals surface area contributed by atoms with Crippen LogP contribution in [-0.4, -0.2) is 4.98 Å². The van der Waals surface area contributed by atoms with Crippen LogP contribution >= 0.6 is 0 Å². The van der Waals surface area contributed by atoms with Crippen LogP contribution in [0.3, 0.4) is 0 Å². The van der Waals surface area contributed by atoms with Crippen LogP contribution in [0, 0.1) is 72.5 Å². The third kappa shape index (κ3) is 2.23. The Labute approximate surface area is 188 Å². The van der Waals surface area contributed by atoms with E-state index < -0.39 is 0 Å². The van der Waals surface area contributed by atoms with E-state index in [0.29, 0.717) is 37.9 Å². The SMILES string of the molecule is CC1(C)C(C)(C)C2(C)C(C)(C)C(C)(C)C1(C)C2(C)C.Cc1nc(C)c(C)c(C)c1C. The van der Waals surface area contributed by atoms with Crippen LogP contribution in [0.25, 0.3) is 0 Å². The molecular formula is C29H51N. The lowest BCUT2D eigenvalue weighted by Crippen LogP contribution is -2.61. The van der Waals surface area contributed by atoms with E-state index in [1.807, 2.05) is 0 Å². The zero-order valence-corrected chi connectivity index (χ0v) is 23.4. The maximum absolute atomic E-state index is 4.43. The fourth-order valence-electron chi connectivity index (χ4n) is 8.93. The van der Waals surface area contributed by atoms with Crippen LogP contribution < -0.4 is 0 Å². The standard InChI is InChI=1S/C19H36.C10H15N/c1-13(2)14(3,4)19(12)16(7,8)15(5,6)18(13,11)17(19,9)10;1-6-7(2)9(4)11-10(5)8(6)3/h1-12H3;1-5H3. The molecule has 30 heavy (non-hydrogen) atoms. The van der Waals surface area contributed by atoms with Gasteiger partial charge in [0.25, 0.3) is 0 Å². The summed E-state index contributed by atoms with van der Waals surface area (Å²) in [5.41, 5.74) is 8.67. The molecule has 2 fully saturated rings. The van der Waals surface area contributed by atoms with Gasteiger partial charge in [-0.05, 0) is 89.2 Å². The van der Waals surface area contributed by atoms with Crippen molar-refractivity contribution in [3.63, 3.8) is 0 Å². The van der Waals surface area contributed by atoms with E-state index in [-0.39, 0.29) is 0 Å². The van der Waals surface area contributed by atoms with Crippen molar-refractivity contribution in [2.45, 2.75) is 118 Å². The Bertz CT molecular complexity index is 767. The van der Waals surface area contributed by atoms with Crippen LogP contribution in [0.1, 0.15) is 111 Å². The molecule has 0 N–H and O–H groups in total. The fourth-order valence-corrected chi connectivity index (χ4v) is 8.93. The molecule has 2 saturated carbocycles. The number of rotatable bonds is 0. The first-order valence-corrected chi connectivity index (χ1v) is 11.9. The first-order valence-electron chi connectivity index (χ1n) is 11.9. The molecule has 1 aromatic rings. The van der Waals surface area contributed by atoms with Crippen molar-refractivity contribution in [3.8, 4) is 0 Å². The monoisotopic (exact) mass is 413 g/mol. The van der Waals surface area contributed by atoms with Crippen molar-refractivity contribution >= 4 is 0 Å². The molecule has 0 saturated heterocycles. The van der Waals surface area contributed by atoms with Gasteiger partial charge in [0.05, 0.1) is 0 Å². The second-order valence-electron chi connectivity index (χ2n) is 13.5. The summed E-state index contributed by atoms with van der Waals surface area (Å²) in [6.45, 7) is 41.0.